The van der Waals surface area contributed by atoms with Crippen molar-refractivity contribution < 1.29 is 5.11 Å². The van der Waals surface area contributed by atoms with Gasteiger partial charge in [0.25, 0.3) is 0 Å². The summed E-state index contributed by atoms with van der Waals surface area (Å²) >= 11 is 0. The van der Waals surface area contributed by atoms with E-state index in [4.69, 9.17) is 0 Å². The number of hydrogen-bond donors (Lipinski definition) is 2. The number of aromatic amines is 1. The Morgan fingerprint density at radius 2 is 1.58 bits per heavy atom. The highest BCUT2D eigenvalue weighted by molar-refractivity contribution is 5.70. The highest BCUT2D eigenvalue weighted by Gasteiger charge is 2.21. The molecule has 1 aromatic carbocycles. The predicted octanol–water partition coefficient (Wildman–Crippen LogP) is 3.54. The summed E-state index contributed by atoms with van der Waals surface area (Å²) in [6, 6.07) is 2.21. The van der Waals surface area contributed by atoms with E-state index in [0.29, 0.717) is 5.82 Å². The second-order valence-electron chi connectivity index (χ2n) is 5.84. The van der Waals surface area contributed by atoms with Gasteiger partial charge in [0, 0.05) is 5.56 Å². The third kappa shape index (κ3) is 2.43. The van der Waals surface area contributed by atoms with Gasteiger partial charge in [-0.2, -0.15) is 0 Å². The van der Waals surface area contributed by atoms with E-state index in [1.807, 2.05) is 6.20 Å². The van der Waals surface area contributed by atoms with Crippen molar-refractivity contribution in [2.45, 2.75) is 47.1 Å². The normalized spacial score (nSPS) is 11.9. The third-order valence-electron chi connectivity index (χ3n) is 3.79. The first kappa shape index (κ1) is 13.8. The van der Waals surface area contributed by atoms with Crippen molar-refractivity contribution in [1.29, 1.82) is 0 Å². The van der Waals surface area contributed by atoms with Crippen LogP contribution in [0.4, 0.5) is 0 Å². The molecule has 0 fully saturated rings. The van der Waals surface area contributed by atoms with E-state index in [0.717, 1.165) is 5.69 Å². The molecular formula is C16H22N2O. The summed E-state index contributed by atoms with van der Waals surface area (Å²) in [5, 5.41) is 10.0. The Labute approximate surface area is 114 Å². The topological polar surface area (TPSA) is 48.9 Å². The second kappa shape index (κ2) is 4.49. The van der Waals surface area contributed by atoms with Crippen LogP contribution in [0.1, 0.15) is 41.9 Å². The van der Waals surface area contributed by atoms with Crippen molar-refractivity contribution in [3.63, 3.8) is 0 Å². The molecule has 0 aliphatic heterocycles. The predicted molar refractivity (Wildman–Crippen MR) is 78.2 cm³/mol. The summed E-state index contributed by atoms with van der Waals surface area (Å²) in [5.41, 5.74) is 6.29. The van der Waals surface area contributed by atoms with E-state index < -0.39 is 5.60 Å². The molecule has 19 heavy (non-hydrogen) atoms. The molecule has 3 heteroatoms. The van der Waals surface area contributed by atoms with Gasteiger partial charge in [-0.25, -0.2) is 4.98 Å². The van der Waals surface area contributed by atoms with Crippen molar-refractivity contribution in [3.8, 4) is 11.3 Å². The highest BCUT2D eigenvalue weighted by atomic mass is 16.3. The van der Waals surface area contributed by atoms with E-state index in [1.165, 1.54) is 27.8 Å². The molecule has 0 saturated heterocycles. The first-order valence-electron chi connectivity index (χ1n) is 6.57. The molecule has 0 bridgehead atoms. The molecule has 0 unspecified atom stereocenters. The summed E-state index contributed by atoms with van der Waals surface area (Å²) in [4.78, 5) is 7.54. The van der Waals surface area contributed by atoms with E-state index in [2.05, 4.69) is 43.7 Å². The number of hydrogen-bond acceptors (Lipinski definition) is 2. The van der Waals surface area contributed by atoms with Crippen molar-refractivity contribution in [2.75, 3.05) is 0 Å². The number of aryl methyl sites for hydroxylation is 2. The molecule has 1 aromatic heterocycles. The second-order valence-corrected chi connectivity index (χ2v) is 5.84. The number of aromatic nitrogens is 2. The molecule has 3 nitrogen and oxygen atoms in total. The number of nitrogens with one attached hydrogen (secondary N) is 1. The van der Waals surface area contributed by atoms with Gasteiger partial charge in [0.2, 0.25) is 0 Å². The van der Waals surface area contributed by atoms with Crippen LogP contribution >= 0.6 is 0 Å². The maximum absolute atomic E-state index is 10.0. The molecule has 0 atom stereocenters. The van der Waals surface area contributed by atoms with Crippen molar-refractivity contribution in [3.05, 3.63) is 40.3 Å². The number of nitrogens with zero attached hydrogens (tertiary/aromatic N) is 1. The van der Waals surface area contributed by atoms with E-state index in [1.54, 1.807) is 13.8 Å². The maximum Gasteiger partial charge on any atom is 0.138 e. The molecule has 0 amide bonds. The smallest absolute Gasteiger partial charge is 0.138 e. The first-order chi connectivity index (χ1) is 8.71. The largest absolute Gasteiger partial charge is 0.383 e. The quantitative estimate of drug-likeness (QED) is 0.865. The van der Waals surface area contributed by atoms with Gasteiger partial charge in [0.05, 0.1) is 11.9 Å². The zero-order valence-electron chi connectivity index (χ0n) is 12.5. The van der Waals surface area contributed by atoms with Crippen LogP contribution in [0.3, 0.4) is 0 Å². The molecular weight excluding hydrogens is 236 g/mol. The van der Waals surface area contributed by atoms with Gasteiger partial charge < -0.3 is 10.1 Å². The van der Waals surface area contributed by atoms with Gasteiger partial charge in [-0.05, 0) is 63.8 Å². The van der Waals surface area contributed by atoms with Crippen LogP contribution < -0.4 is 0 Å². The lowest BCUT2D eigenvalue weighted by Gasteiger charge is -2.15. The molecule has 0 spiro atoms. The SMILES string of the molecule is Cc1cc(C)c(C)c(-c2cnc(C(C)(C)O)[nH]2)c1C. The summed E-state index contributed by atoms with van der Waals surface area (Å²) < 4.78 is 0. The van der Waals surface area contributed by atoms with E-state index in [9.17, 15) is 5.11 Å². The summed E-state index contributed by atoms with van der Waals surface area (Å²) in [5.74, 6) is 0.598. The fourth-order valence-electron chi connectivity index (χ4n) is 2.38. The van der Waals surface area contributed by atoms with Crippen LogP contribution in [0.2, 0.25) is 0 Å². The average molecular weight is 258 g/mol. The van der Waals surface area contributed by atoms with E-state index >= 15 is 0 Å². The fourth-order valence-corrected chi connectivity index (χ4v) is 2.38. The zero-order valence-corrected chi connectivity index (χ0v) is 12.5. The third-order valence-corrected chi connectivity index (χ3v) is 3.79. The Kier molecular flexibility index (Phi) is 3.27. The van der Waals surface area contributed by atoms with Gasteiger partial charge in [-0.15, -0.1) is 0 Å². The van der Waals surface area contributed by atoms with Crippen LogP contribution in [0, 0.1) is 27.7 Å². The Balaban J connectivity index is 2.63. The van der Waals surface area contributed by atoms with Crippen molar-refractivity contribution in [1.82, 2.24) is 9.97 Å². The molecule has 0 aliphatic rings. The van der Waals surface area contributed by atoms with Crippen LogP contribution in [-0.4, -0.2) is 15.1 Å². The van der Waals surface area contributed by atoms with Gasteiger partial charge in [-0.3, -0.25) is 0 Å². The van der Waals surface area contributed by atoms with Gasteiger partial charge in [0.1, 0.15) is 11.4 Å². The lowest BCUT2D eigenvalue weighted by Crippen LogP contribution is -2.17. The Bertz CT molecular complexity index is 592. The fraction of sp³-hybridized carbons (Fsp3) is 0.438. The van der Waals surface area contributed by atoms with Crippen LogP contribution in [0.25, 0.3) is 11.3 Å². The number of aliphatic hydroxyl groups is 1. The minimum Gasteiger partial charge on any atom is -0.383 e. The van der Waals surface area contributed by atoms with Gasteiger partial charge in [0.15, 0.2) is 0 Å². The van der Waals surface area contributed by atoms with Gasteiger partial charge >= 0.3 is 0 Å². The standard InChI is InChI=1S/C16H22N2O/c1-9-7-10(2)12(4)14(11(9)3)13-8-17-15(18-13)16(5,6)19/h7-8,19H,1-6H3,(H,17,18). The molecule has 1 heterocycles. The lowest BCUT2D eigenvalue weighted by molar-refractivity contribution is 0.0697. The number of rotatable bonds is 2. The number of imidazole rings is 1. The molecule has 0 aliphatic carbocycles. The lowest BCUT2D eigenvalue weighted by atomic mass is 9.93. The van der Waals surface area contributed by atoms with Crippen LogP contribution in [-0.2, 0) is 5.60 Å². The number of benzene rings is 1. The first-order valence-corrected chi connectivity index (χ1v) is 6.57. The minimum absolute atomic E-state index is 0.598. The maximum atomic E-state index is 10.0. The summed E-state index contributed by atoms with van der Waals surface area (Å²) in [7, 11) is 0. The van der Waals surface area contributed by atoms with Crippen molar-refractivity contribution >= 4 is 0 Å². The Hall–Kier alpha value is -1.61. The number of H-pyrrole nitrogens is 1. The van der Waals surface area contributed by atoms with Crippen molar-refractivity contribution in [2.24, 2.45) is 0 Å². The van der Waals surface area contributed by atoms with Gasteiger partial charge in [-0.1, -0.05) is 6.07 Å². The molecule has 2 N–H and O–H groups in total. The minimum atomic E-state index is -0.946. The average Bonchev–Trinajstić information content (AvgIpc) is 2.76. The Morgan fingerprint density at radius 3 is 2.00 bits per heavy atom. The Morgan fingerprint density at radius 1 is 1.05 bits per heavy atom. The molecule has 2 aromatic rings. The van der Waals surface area contributed by atoms with Crippen LogP contribution in [0.15, 0.2) is 12.3 Å². The summed E-state index contributed by atoms with van der Waals surface area (Å²) in [6.45, 7) is 12.0. The highest BCUT2D eigenvalue weighted by Crippen LogP contribution is 2.31. The molecule has 102 valence electrons. The van der Waals surface area contributed by atoms with Crippen LogP contribution in [0.5, 0.6) is 0 Å². The summed E-state index contributed by atoms with van der Waals surface area (Å²) in [6.07, 6.45) is 1.81. The molecule has 0 saturated carbocycles. The van der Waals surface area contributed by atoms with E-state index in [-0.39, 0.29) is 0 Å². The molecule has 0 radical (unpaired) electrons. The monoisotopic (exact) mass is 258 g/mol. The molecule has 2 rings (SSSR count). The zero-order chi connectivity index (χ0) is 14.4.